The first-order valence-corrected chi connectivity index (χ1v) is 8.96. The predicted octanol–water partition coefficient (Wildman–Crippen LogP) is 2.57. The van der Waals surface area contributed by atoms with Gasteiger partial charge in [0.05, 0.1) is 11.4 Å². The third-order valence-corrected chi connectivity index (χ3v) is 5.16. The third-order valence-electron chi connectivity index (χ3n) is 3.19. The van der Waals surface area contributed by atoms with E-state index in [0.29, 0.717) is 18.1 Å². The molecule has 0 bridgehead atoms. The Bertz CT molecular complexity index is 761. The normalized spacial score (nSPS) is 17.2. The molecule has 0 fully saturated rings. The van der Waals surface area contributed by atoms with Gasteiger partial charge in [0.2, 0.25) is 10.0 Å². The first-order chi connectivity index (χ1) is 10.5. The van der Waals surface area contributed by atoms with E-state index >= 15 is 0 Å². The lowest BCUT2D eigenvalue weighted by atomic mass is 10.2. The predicted molar refractivity (Wildman–Crippen MR) is 85.7 cm³/mol. The van der Waals surface area contributed by atoms with Crippen LogP contribution in [0.4, 0.5) is 0 Å². The lowest BCUT2D eigenvalue weighted by Crippen LogP contribution is -2.40. The summed E-state index contributed by atoms with van der Waals surface area (Å²) in [6, 6.07) is 13.8. The van der Waals surface area contributed by atoms with E-state index in [1.54, 1.807) is 30.3 Å². The van der Waals surface area contributed by atoms with Crippen LogP contribution in [0.15, 0.2) is 57.9 Å². The van der Waals surface area contributed by atoms with Gasteiger partial charge in [0.25, 0.3) is 0 Å². The van der Waals surface area contributed by atoms with Crippen LogP contribution < -0.4 is 14.2 Å². The van der Waals surface area contributed by atoms with Crippen LogP contribution in [0.1, 0.15) is 0 Å². The molecule has 0 aliphatic carbocycles. The molecule has 1 aliphatic rings. The molecule has 0 radical (unpaired) electrons. The molecular weight excluding hydrogens is 370 g/mol. The molecule has 0 saturated heterocycles. The van der Waals surface area contributed by atoms with E-state index in [4.69, 9.17) is 9.47 Å². The minimum atomic E-state index is -3.56. The van der Waals surface area contributed by atoms with E-state index in [1.165, 1.54) is 0 Å². The van der Waals surface area contributed by atoms with Gasteiger partial charge in [-0.1, -0.05) is 28.1 Å². The van der Waals surface area contributed by atoms with Crippen molar-refractivity contribution in [1.29, 1.82) is 0 Å². The van der Waals surface area contributed by atoms with Crippen molar-refractivity contribution in [2.45, 2.75) is 11.0 Å². The van der Waals surface area contributed by atoms with Crippen LogP contribution in [0.2, 0.25) is 0 Å². The molecule has 0 amide bonds. The standard InChI is InChI=1S/C15H14BrNO4S/c16-11-5-7-13(8-6-11)22(18,19)17-9-12-10-20-14-3-1-2-4-15(14)21-12/h1-8,12,17H,9-10H2/t12-/m0/s1. The highest BCUT2D eigenvalue weighted by Gasteiger charge is 2.23. The smallest absolute Gasteiger partial charge is 0.240 e. The van der Waals surface area contributed by atoms with Gasteiger partial charge in [-0.25, -0.2) is 13.1 Å². The largest absolute Gasteiger partial charge is 0.486 e. The Hall–Kier alpha value is -1.57. The van der Waals surface area contributed by atoms with E-state index < -0.39 is 10.0 Å². The van der Waals surface area contributed by atoms with Crippen molar-refractivity contribution >= 4 is 26.0 Å². The van der Waals surface area contributed by atoms with Crippen molar-refractivity contribution < 1.29 is 17.9 Å². The Kier molecular flexibility index (Phi) is 4.37. The zero-order chi connectivity index (χ0) is 15.6. The molecule has 116 valence electrons. The summed E-state index contributed by atoms with van der Waals surface area (Å²) in [5.74, 6) is 1.30. The molecule has 3 rings (SSSR count). The highest BCUT2D eigenvalue weighted by molar-refractivity contribution is 9.10. The third kappa shape index (κ3) is 3.43. The lowest BCUT2D eigenvalue weighted by molar-refractivity contribution is 0.0943. The molecule has 0 saturated carbocycles. The minimum absolute atomic E-state index is 0.146. The van der Waals surface area contributed by atoms with Crippen LogP contribution in [0, 0.1) is 0 Å². The van der Waals surface area contributed by atoms with E-state index in [1.807, 2.05) is 18.2 Å². The Morgan fingerprint density at radius 2 is 1.77 bits per heavy atom. The first-order valence-electron chi connectivity index (χ1n) is 6.68. The average Bonchev–Trinajstić information content (AvgIpc) is 2.53. The summed E-state index contributed by atoms with van der Waals surface area (Å²) in [6.45, 7) is 0.451. The summed E-state index contributed by atoms with van der Waals surface area (Å²) in [5, 5.41) is 0. The van der Waals surface area contributed by atoms with E-state index in [2.05, 4.69) is 20.7 Å². The first kappa shape index (κ1) is 15.3. The highest BCUT2D eigenvalue weighted by Crippen LogP contribution is 2.30. The maximum absolute atomic E-state index is 12.2. The SMILES string of the molecule is O=S(=O)(NC[C@H]1COc2ccccc2O1)c1ccc(Br)cc1. The lowest BCUT2D eigenvalue weighted by Gasteiger charge is -2.26. The second kappa shape index (κ2) is 6.28. The summed E-state index contributed by atoms with van der Waals surface area (Å²) < 4.78 is 39.1. The van der Waals surface area contributed by atoms with Crippen LogP contribution in [-0.2, 0) is 10.0 Å². The van der Waals surface area contributed by atoms with Gasteiger partial charge in [-0.2, -0.15) is 0 Å². The summed E-state index contributed by atoms with van der Waals surface area (Å²) >= 11 is 3.28. The molecule has 2 aromatic carbocycles. The van der Waals surface area contributed by atoms with Crippen molar-refractivity contribution in [3.63, 3.8) is 0 Å². The van der Waals surface area contributed by atoms with Crippen LogP contribution in [-0.4, -0.2) is 27.7 Å². The topological polar surface area (TPSA) is 64.6 Å². The molecule has 1 N–H and O–H groups in total. The van der Waals surface area contributed by atoms with Gasteiger partial charge in [0.15, 0.2) is 11.5 Å². The molecule has 0 spiro atoms. The summed E-state index contributed by atoms with van der Waals surface area (Å²) in [4.78, 5) is 0.216. The molecule has 1 aliphatic heterocycles. The second-order valence-corrected chi connectivity index (χ2v) is 7.49. The van der Waals surface area contributed by atoms with Crippen molar-refractivity contribution in [1.82, 2.24) is 4.72 Å². The molecule has 0 aromatic heterocycles. The number of benzene rings is 2. The van der Waals surface area contributed by atoms with Crippen LogP contribution in [0.3, 0.4) is 0 Å². The molecule has 7 heteroatoms. The van der Waals surface area contributed by atoms with Gasteiger partial charge in [0, 0.05) is 4.47 Å². The molecule has 2 aromatic rings. The molecule has 1 heterocycles. The maximum atomic E-state index is 12.2. The van der Waals surface area contributed by atoms with Gasteiger partial charge in [-0.05, 0) is 36.4 Å². The summed E-state index contributed by atoms with van der Waals surface area (Å²) in [5.41, 5.74) is 0. The van der Waals surface area contributed by atoms with E-state index in [-0.39, 0.29) is 17.5 Å². The Morgan fingerprint density at radius 3 is 2.50 bits per heavy atom. The molecule has 0 unspecified atom stereocenters. The maximum Gasteiger partial charge on any atom is 0.240 e. The summed E-state index contributed by atoms with van der Waals surface area (Å²) in [6.07, 6.45) is -0.361. The van der Waals surface area contributed by atoms with Gasteiger partial charge < -0.3 is 9.47 Å². The number of para-hydroxylation sites is 2. The fourth-order valence-corrected chi connectivity index (χ4v) is 3.39. The Labute approximate surface area is 137 Å². The fraction of sp³-hybridized carbons (Fsp3) is 0.200. The Morgan fingerprint density at radius 1 is 1.09 bits per heavy atom. The molecular formula is C15H14BrNO4S. The number of nitrogens with one attached hydrogen (secondary N) is 1. The number of sulfonamides is 1. The monoisotopic (exact) mass is 383 g/mol. The molecule has 1 atom stereocenters. The van der Waals surface area contributed by atoms with Gasteiger partial charge in [-0.15, -0.1) is 0 Å². The van der Waals surface area contributed by atoms with E-state index in [9.17, 15) is 8.42 Å². The van der Waals surface area contributed by atoms with Gasteiger partial charge in [-0.3, -0.25) is 0 Å². The minimum Gasteiger partial charge on any atom is -0.486 e. The number of fused-ring (bicyclic) bond motifs is 1. The fourth-order valence-electron chi connectivity index (χ4n) is 2.06. The number of halogens is 1. The van der Waals surface area contributed by atoms with E-state index in [0.717, 1.165) is 4.47 Å². The Balaban J connectivity index is 1.64. The average molecular weight is 384 g/mol. The number of hydrogen-bond acceptors (Lipinski definition) is 4. The number of hydrogen-bond donors (Lipinski definition) is 1. The van der Waals surface area contributed by atoms with Gasteiger partial charge in [0.1, 0.15) is 12.7 Å². The van der Waals surface area contributed by atoms with Crippen LogP contribution in [0.5, 0.6) is 11.5 Å². The van der Waals surface area contributed by atoms with Crippen molar-refractivity contribution in [3.05, 3.63) is 53.0 Å². The zero-order valence-corrected chi connectivity index (χ0v) is 13.9. The number of ether oxygens (including phenoxy) is 2. The number of rotatable bonds is 4. The molecule has 5 nitrogen and oxygen atoms in total. The second-order valence-electron chi connectivity index (χ2n) is 4.80. The quantitative estimate of drug-likeness (QED) is 0.880. The van der Waals surface area contributed by atoms with Crippen molar-refractivity contribution in [2.24, 2.45) is 0 Å². The van der Waals surface area contributed by atoms with Crippen molar-refractivity contribution in [2.75, 3.05) is 13.2 Å². The van der Waals surface area contributed by atoms with Crippen molar-refractivity contribution in [3.8, 4) is 11.5 Å². The van der Waals surface area contributed by atoms with Crippen LogP contribution >= 0.6 is 15.9 Å². The summed E-state index contributed by atoms with van der Waals surface area (Å²) in [7, 11) is -3.56. The molecule has 22 heavy (non-hydrogen) atoms. The van der Waals surface area contributed by atoms with Gasteiger partial charge >= 0.3 is 0 Å². The van der Waals surface area contributed by atoms with Crippen LogP contribution in [0.25, 0.3) is 0 Å². The zero-order valence-electron chi connectivity index (χ0n) is 11.5. The highest BCUT2D eigenvalue weighted by atomic mass is 79.9.